The molecule has 3 N–H and O–H groups in total. The highest BCUT2D eigenvalue weighted by Crippen LogP contribution is 2.45. The molecular formula is C23H26N2O5. The quantitative estimate of drug-likeness (QED) is 0.577. The minimum atomic E-state index is -0.910. The van der Waals surface area contributed by atoms with Gasteiger partial charge in [-0.1, -0.05) is 30.3 Å². The van der Waals surface area contributed by atoms with Crippen LogP contribution in [0.1, 0.15) is 35.2 Å². The predicted octanol–water partition coefficient (Wildman–Crippen LogP) is 3.40. The van der Waals surface area contributed by atoms with Crippen molar-refractivity contribution in [2.75, 3.05) is 6.54 Å². The molecule has 2 aliphatic heterocycles. The lowest BCUT2D eigenvalue weighted by Crippen LogP contribution is -2.45. The zero-order valence-corrected chi connectivity index (χ0v) is 16.6. The van der Waals surface area contributed by atoms with Crippen molar-refractivity contribution in [1.82, 2.24) is 10.9 Å². The standard InChI is InChI=1S/C23H26N2O5/c26-22(27)16-9-6-15(7-10-16)8-11-18-19(21-13-12-20(18)30-21)14-24-25-23(28)29-17-4-2-1-3-5-17/h1-7,9-10,18-21,24H,8,11-14H2,(H,25,28)(H,26,27)/t18-,19-,20+,21-/m0/s1. The minimum absolute atomic E-state index is 0.217. The van der Waals surface area contributed by atoms with E-state index in [0.29, 0.717) is 29.7 Å². The summed E-state index contributed by atoms with van der Waals surface area (Å²) in [5, 5.41) is 9.03. The van der Waals surface area contributed by atoms with Crippen molar-refractivity contribution in [3.05, 3.63) is 65.7 Å². The maximum Gasteiger partial charge on any atom is 0.427 e. The number of carbonyl (C=O) groups is 2. The summed E-state index contributed by atoms with van der Waals surface area (Å²) in [5.74, 6) is 0.306. The van der Waals surface area contributed by atoms with Crippen LogP contribution in [0.15, 0.2) is 54.6 Å². The highest BCUT2D eigenvalue weighted by Gasteiger charge is 2.48. The Labute approximate surface area is 175 Å². The number of hydrogen-bond acceptors (Lipinski definition) is 5. The first-order valence-corrected chi connectivity index (χ1v) is 10.3. The molecule has 7 heteroatoms. The second-order valence-electron chi connectivity index (χ2n) is 7.87. The van der Waals surface area contributed by atoms with Gasteiger partial charge in [-0.15, -0.1) is 0 Å². The predicted molar refractivity (Wildman–Crippen MR) is 110 cm³/mol. The van der Waals surface area contributed by atoms with Gasteiger partial charge in [0.05, 0.1) is 17.8 Å². The molecule has 0 unspecified atom stereocenters. The molecule has 2 fully saturated rings. The lowest BCUT2D eigenvalue weighted by Gasteiger charge is -2.28. The summed E-state index contributed by atoms with van der Waals surface area (Å²) >= 11 is 0. The number of fused-ring (bicyclic) bond motifs is 2. The Hall–Kier alpha value is -2.90. The Balaban J connectivity index is 1.27. The van der Waals surface area contributed by atoms with Gasteiger partial charge < -0.3 is 14.6 Å². The van der Waals surface area contributed by atoms with Crippen LogP contribution >= 0.6 is 0 Å². The van der Waals surface area contributed by atoms with Crippen molar-refractivity contribution < 1.29 is 24.2 Å². The van der Waals surface area contributed by atoms with Gasteiger partial charge in [-0.2, -0.15) is 0 Å². The first-order chi connectivity index (χ1) is 14.6. The van der Waals surface area contributed by atoms with E-state index in [4.69, 9.17) is 14.6 Å². The maximum atomic E-state index is 11.9. The second-order valence-corrected chi connectivity index (χ2v) is 7.87. The highest BCUT2D eigenvalue weighted by atomic mass is 16.6. The molecule has 4 atom stereocenters. The van der Waals surface area contributed by atoms with Crippen LogP contribution in [0.4, 0.5) is 4.79 Å². The summed E-state index contributed by atoms with van der Waals surface area (Å²) < 4.78 is 11.3. The van der Waals surface area contributed by atoms with Crippen LogP contribution in [-0.2, 0) is 11.2 Å². The number of amides is 1. The molecule has 2 aromatic carbocycles. The number of carbonyl (C=O) groups excluding carboxylic acids is 1. The average Bonchev–Trinajstić information content (AvgIpc) is 3.35. The van der Waals surface area contributed by atoms with Crippen LogP contribution < -0.4 is 15.6 Å². The summed E-state index contributed by atoms with van der Waals surface area (Å²) in [6, 6.07) is 16.0. The maximum absolute atomic E-state index is 11.9. The number of nitrogens with one attached hydrogen (secondary N) is 2. The van der Waals surface area contributed by atoms with E-state index in [1.165, 1.54) is 0 Å². The SMILES string of the molecule is O=C(NNC[C@H]1[C@H](CCc2ccc(C(=O)O)cc2)[C@H]2CC[C@@H]1O2)Oc1ccccc1. The number of benzene rings is 2. The van der Waals surface area contributed by atoms with Gasteiger partial charge in [0.15, 0.2) is 0 Å². The molecule has 0 aliphatic carbocycles. The number of carboxylic acids is 1. The first-order valence-electron chi connectivity index (χ1n) is 10.3. The fourth-order valence-corrected chi connectivity index (χ4v) is 4.56. The lowest BCUT2D eigenvalue weighted by molar-refractivity contribution is 0.0696. The first kappa shape index (κ1) is 20.4. The number of para-hydroxylation sites is 1. The number of rotatable bonds is 8. The lowest BCUT2D eigenvalue weighted by atomic mass is 9.76. The van der Waals surface area contributed by atoms with Crippen molar-refractivity contribution >= 4 is 12.1 Å². The molecule has 2 aliphatic rings. The van der Waals surface area contributed by atoms with Crippen molar-refractivity contribution in [2.45, 2.75) is 37.9 Å². The highest BCUT2D eigenvalue weighted by molar-refractivity contribution is 5.87. The molecule has 0 spiro atoms. The van der Waals surface area contributed by atoms with Crippen molar-refractivity contribution in [1.29, 1.82) is 0 Å². The van der Waals surface area contributed by atoms with Gasteiger partial charge in [0.25, 0.3) is 0 Å². The van der Waals surface area contributed by atoms with Crippen molar-refractivity contribution in [2.24, 2.45) is 11.8 Å². The molecule has 2 saturated heterocycles. The summed E-state index contributed by atoms with van der Waals surface area (Å²) in [5.41, 5.74) is 7.04. The molecule has 0 aromatic heterocycles. The molecule has 4 rings (SSSR count). The van der Waals surface area contributed by atoms with Gasteiger partial charge in [-0.05, 0) is 61.4 Å². The van der Waals surface area contributed by atoms with E-state index in [1.54, 1.807) is 24.3 Å². The Bertz CT molecular complexity index is 871. The molecular weight excluding hydrogens is 384 g/mol. The van der Waals surface area contributed by atoms with E-state index in [9.17, 15) is 9.59 Å². The fraction of sp³-hybridized carbons (Fsp3) is 0.391. The summed E-state index contributed by atoms with van der Waals surface area (Å²) in [6.45, 7) is 0.619. The Morgan fingerprint density at radius 2 is 1.70 bits per heavy atom. The van der Waals surface area contributed by atoms with Crippen LogP contribution in [0.3, 0.4) is 0 Å². The second kappa shape index (κ2) is 9.28. The molecule has 0 radical (unpaired) electrons. The molecule has 2 aromatic rings. The Morgan fingerprint density at radius 3 is 2.40 bits per heavy atom. The van der Waals surface area contributed by atoms with E-state index in [2.05, 4.69) is 10.9 Å². The molecule has 7 nitrogen and oxygen atoms in total. The largest absolute Gasteiger partial charge is 0.478 e. The van der Waals surface area contributed by atoms with Crippen LogP contribution in [0.25, 0.3) is 0 Å². The number of carboxylic acid groups (broad SMARTS) is 1. The molecule has 0 saturated carbocycles. The molecule has 2 bridgehead atoms. The van der Waals surface area contributed by atoms with Crippen LogP contribution in [0, 0.1) is 11.8 Å². The Morgan fingerprint density at radius 1 is 1.00 bits per heavy atom. The fourth-order valence-electron chi connectivity index (χ4n) is 4.56. The summed E-state index contributed by atoms with van der Waals surface area (Å²) in [7, 11) is 0. The number of ether oxygens (including phenoxy) is 2. The summed E-state index contributed by atoms with van der Waals surface area (Å²) in [6.07, 6.45) is 3.90. The van der Waals surface area contributed by atoms with Gasteiger partial charge in [-0.3, -0.25) is 5.43 Å². The van der Waals surface area contributed by atoms with E-state index < -0.39 is 12.1 Å². The third-order valence-electron chi connectivity index (χ3n) is 6.04. The van der Waals surface area contributed by atoms with Crippen molar-refractivity contribution in [3.8, 4) is 5.75 Å². The Kier molecular flexibility index (Phi) is 6.30. The number of hydrogen-bond donors (Lipinski definition) is 3. The van der Waals surface area contributed by atoms with E-state index in [-0.39, 0.29) is 12.2 Å². The van der Waals surface area contributed by atoms with Gasteiger partial charge in [0.2, 0.25) is 0 Å². The van der Waals surface area contributed by atoms with Gasteiger partial charge in [-0.25, -0.2) is 15.0 Å². The minimum Gasteiger partial charge on any atom is -0.478 e. The van der Waals surface area contributed by atoms with Crippen LogP contribution in [0.2, 0.25) is 0 Å². The molecule has 30 heavy (non-hydrogen) atoms. The van der Waals surface area contributed by atoms with Crippen LogP contribution in [0.5, 0.6) is 5.75 Å². The number of aromatic carboxylic acids is 1. The van der Waals surface area contributed by atoms with Gasteiger partial charge in [0, 0.05) is 12.5 Å². The van der Waals surface area contributed by atoms with E-state index in [0.717, 1.165) is 31.2 Å². The third kappa shape index (κ3) is 4.80. The molecule has 158 valence electrons. The monoisotopic (exact) mass is 410 g/mol. The smallest absolute Gasteiger partial charge is 0.427 e. The third-order valence-corrected chi connectivity index (χ3v) is 6.04. The summed E-state index contributed by atoms with van der Waals surface area (Å²) in [4.78, 5) is 22.9. The zero-order chi connectivity index (χ0) is 20.9. The average molecular weight is 410 g/mol. The topological polar surface area (TPSA) is 96.9 Å². The molecule has 1 amide bonds. The van der Waals surface area contributed by atoms with Crippen molar-refractivity contribution in [3.63, 3.8) is 0 Å². The van der Waals surface area contributed by atoms with Gasteiger partial charge in [0.1, 0.15) is 5.75 Å². The van der Waals surface area contributed by atoms with E-state index in [1.807, 2.05) is 30.3 Å². The number of hydrazine groups is 1. The zero-order valence-electron chi connectivity index (χ0n) is 16.6. The van der Waals surface area contributed by atoms with Gasteiger partial charge >= 0.3 is 12.1 Å². The number of aryl methyl sites for hydroxylation is 1. The normalized spacial score (nSPS) is 24.5. The van der Waals surface area contributed by atoms with Crippen LogP contribution in [-0.4, -0.2) is 35.9 Å². The molecule has 2 heterocycles. The van der Waals surface area contributed by atoms with E-state index >= 15 is 0 Å².